The predicted octanol–water partition coefficient (Wildman–Crippen LogP) is 2.06. The van der Waals surface area contributed by atoms with E-state index in [9.17, 15) is 0 Å². The fraction of sp³-hybridized carbons (Fsp3) is 0.364. The van der Waals surface area contributed by atoms with Gasteiger partial charge in [0.1, 0.15) is 0 Å². The third kappa shape index (κ3) is 2.57. The zero-order valence-electron chi connectivity index (χ0n) is 8.82. The number of pyridine rings is 1. The van der Waals surface area contributed by atoms with Gasteiger partial charge in [0.15, 0.2) is 0 Å². The molecule has 0 saturated carbocycles. The van der Waals surface area contributed by atoms with E-state index in [1.54, 1.807) is 13.3 Å². The lowest BCUT2D eigenvalue weighted by molar-refractivity contribution is 0.391. The molecule has 2 N–H and O–H groups in total. The first-order chi connectivity index (χ1) is 6.65. The minimum atomic E-state index is -0.149. The molecule has 0 radical (unpaired) electrons. The average molecular weight is 192 g/mol. The molecule has 0 saturated heterocycles. The van der Waals surface area contributed by atoms with Crippen molar-refractivity contribution in [1.82, 2.24) is 4.98 Å². The second-order valence-electron chi connectivity index (χ2n) is 3.37. The van der Waals surface area contributed by atoms with Crippen molar-refractivity contribution in [3.05, 3.63) is 35.5 Å². The first kappa shape index (κ1) is 10.7. The molecule has 3 nitrogen and oxygen atoms in total. The van der Waals surface area contributed by atoms with Crippen LogP contribution < -0.4 is 10.5 Å². The average Bonchev–Trinajstić information content (AvgIpc) is 2.16. The fourth-order valence-electron chi connectivity index (χ4n) is 1.28. The number of ether oxygens (including phenoxy) is 1. The Bertz CT molecular complexity index is 330. The molecule has 1 atom stereocenters. The summed E-state index contributed by atoms with van der Waals surface area (Å²) in [5.74, 6) is 0.595. The van der Waals surface area contributed by atoms with Gasteiger partial charge in [0.05, 0.1) is 13.2 Å². The van der Waals surface area contributed by atoms with Gasteiger partial charge in [0, 0.05) is 11.8 Å². The number of hydrogen-bond acceptors (Lipinski definition) is 3. The third-order valence-corrected chi connectivity index (χ3v) is 1.87. The van der Waals surface area contributed by atoms with Gasteiger partial charge in [-0.05, 0) is 19.9 Å². The van der Waals surface area contributed by atoms with Crippen molar-refractivity contribution in [2.24, 2.45) is 5.73 Å². The van der Waals surface area contributed by atoms with Crippen molar-refractivity contribution in [3.8, 4) is 5.88 Å². The van der Waals surface area contributed by atoms with E-state index in [1.807, 2.05) is 32.1 Å². The zero-order valence-corrected chi connectivity index (χ0v) is 8.82. The smallest absolute Gasteiger partial charge is 0.218 e. The molecular formula is C11H16N2O. The lowest BCUT2D eigenvalue weighted by Crippen LogP contribution is -2.09. The summed E-state index contributed by atoms with van der Waals surface area (Å²) < 4.78 is 5.13. The molecule has 0 aliphatic heterocycles. The fourth-order valence-corrected chi connectivity index (χ4v) is 1.28. The standard InChI is InChI=1S/C11H16N2O/c1-8(2)7-10(12)9-5-4-6-13-11(9)14-3/h4-7,10H,12H2,1-3H3. The second-order valence-corrected chi connectivity index (χ2v) is 3.37. The number of aromatic nitrogens is 1. The van der Waals surface area contributed by atoms with E-state index < -0.39 is 0 Å². The molecule has 1 rings (SSSR count). The Morgan fingerprint density at radius 1 is 1.57 bits per heavy atom. The Morgan fingerprint density at radius 3 is 2.86 bits per heavy atom. The molecule has 1 aromatic rings. The van der Waals surface area contributed by atoms with E-state index in [2.05, 4.69) is 4.98 Å². The summed E-state index contributed by atoms with van der Waals surface area (Å²) in [7, 11) is 1.60. The Balaban J connectivity index is 2.99. The van der Waals surface area contributed by atoms with Crippen molar-refractivity contribution in [1.29, 1.82) is 0 Å². The number of methoxy groups -OCH3 is 1. The highest BCUT2D eigenvalue weighted by Gasteiger charge is 2.09. The van der Waals surface area contributed by atoms with Crippen LogP contribution in [0.5, 0.6) is 5.88 Å². The largest absolute Gasteiger partial charge is 0.481 e. The summed E-state index contributed by atoms with van der Waals surface area (Å²) in [5, 5.41) is 0. The third-order valence-electron chi connectivity index (χ3n) is 1.87. The van der Waals surface area contributed by atoms with E-state index >= 15 is 0 Å². The van der Waals surface area contributed by atoms with Gasteiger partial charge in [-0.25, -0.2) is 4.98 Å². The van der Waals surface area contributed by atoms with Crippen molar-refractivity contribution >= 4 is 0 Å². The molecule has 3 heteroatoms. The van der Waals surface area contributed by atoms with Gasteiger partial charge < -0.3 is 10.5 Å². The van der Waals surface area contributed by atoms with E-state index in [-0.39, 0.29) is 6.04 Å². The molecule has 1 aromatic heterocycles. The molecule has 76 valence electrons. The van der Waals surface area contributed by atoms with E-state index in [0.29, 0.717) is 5.88 Å². The van der Waals surface area contributed by atoms with Crippen LogP contribution in [0, 0.1) is 0 Å². The quantitative estimate of drug-likeness (QED) is 0.746. The summed E-state index contributed by atoms with van der Waals surface area (Å²) >= 11 is 0. The molecule has 1 heterocycles. The Hall–Kier alpha value is -1.35. The monoisotopic (exact) mass is 192 g/mol. The van der Waals surface area contributed by atoms with Crippen LogP contribution in [0.3, 0.4) is 0 Å². The zero-order chi connectivity index (χ0) is 10.6. The second kappa shape index (κ2) is 4.77. The Labute approximate surface area is 84.6 Å². The van der Waals surface area contributed by atoms with Crippen LogP contribution in [0.4, 0.5) is 0 Å². The summed E-state index contributed by atoms with van der Waals surface area (Å²) in [4.78, 5) is 4.09. The van der Waals surface area contributed by atoms with Crippen LogP contribution in [0.15, 0.2) is 30.0 Å². The number of allylic oxidation sites excluding steroid dienone is 1. The highest BCUT2D eigenvalue weighted by molar-refractivity contribution is 5.31. The van der Waals surface area contributed by atoms with E-state index in [0.717, 1.165) is 5.56 Å². The Morgan fingerprint density at radius 2 is 2.29 bits per heavy atom. The summed E-state index contributed by atoms with van der Waals surface area (Å²) in [5.41, 5.74) is 8.07. The predicted molar refractivity (Wildman–Crippen MR) is 57.1 cm³/mol. The maximum atomic E-state index is 5.98. The van der Waals surface area contributed by atoms with Gasteiger partial charge in [-0.1, -0.05) is 17.7 Å². The highest BCUT2D eigenvalue weighted by atomic mass is 16.5. The first-order valence-electron chi connectivity index (χ1n) is 4.54. The van der Waals surface area contributed by atoms with Crippen LogP contribution >= 0.6 is 0 Å². The molecule has 0 aliphatic rings. The van der Waals surface area contributed by atoms with Crippen molar-refractivity contribution in [2.45, 2.75) is 19.9 Å². The van der Waals surface area contributed by atoms with Crippen LogP contribution in [0.2, 0.25) is 0 Å². The number of nitrogens with zero attached hydrogens (tertiary/aromatic N) is 1. The van der Waals surface area contributed by atoms with Gasteiger partial charge in [-0.2, -0.15) is 0 Å². The van der Waals surface area contributed by atoms with Crippen molar-refractivity contribution in [3.63, 3.8) is 0 Å². The minimum absolute atomic E-state index is 0.149. The molecule has 1 unspecified atom stereocenters. The molecular weight excluding hydrogens is 176 g/mol. The van der Waals surface area contributed by atoms with Gasteiger partial charge >= 0.3 is 0 Å². The minimum Gasteiger partial charge on any atom is -0.481 e. The molecule has 0 aliphatic carbocycles. The van der Waals surface area contributed by atoms with Gasteiger partial charge in [0.2, 0.25) is 5.88 Å². The molecule has 0 aromatic carbocycles. The number of rotatable bonds is 3. The Kier molecular flexibility index (Phi) is 3.65. The normalized spacial score (nSPS) is 12.0. The maximum absolute atomic E-state index is 5.98. The molecule has 0 fully saturated rings. The van der Waals surface area contributed by atoms with Crippen LogP contribution in [-0.4, -0.2) is 12.1 Å². The summed E-state index contributed by atoms with van der Waals surface area (Å²) in [6.07, 6.45) is 3.68. The van der Waals surface area contributed by atoms with Crippen LogP contribution in [0.25, 0.3) is 0 Å². The lowest BCUT2D eigenvalue weighted by Gasteiger charge is -2.11. The molecule has 0 amide bonds. The van der Waals surface area contributed by atoms with Crippen molar-refractivity contribution in [2.75, 3.05) is 7.11 Å². The van der Waals surface area contributed by atoms with Gasteiger partial charge in [-0.3, -0.25) is 0 Å². The molecule has 14 heavy (non-hydrogen) atoms. The lowest BCUT2D eigenvalue weighted by atomic mass is 10.1. The topological polar surface area (TPSA) is 48.1 Å². The molecule has 0 spiro atoms. The van der Waals surface area contributed by atoms with Crippen LogP contribution in [0.1, 0.15) is 25.5 Å². The van der Waals surface area contributed by atoms with E-state index in [4.69, 9.17) is 10.5 Å². The molecule has 0 bridgehead atoms. The van der Waals surface area contributed by atoms with Crippen LogP contribution in [-0.2, 0) is 0 Å². The number of nitrogens with two attached hydrogens (primary N) is 1. The summed E-state index contributed by atoms with van der Waals surface area (Å²) in [6, 6.07) is 3.63. The highest BCUT2D eigenvalue weighted by Crippen LogP contribution is 2.21. The summed E-state index contributed by atoms with van der Waals surface area (Å²) in [6.45, 7) is 4.03. The van der Waals surface area contributed by atoms with Gasteiger partial charge in [-0.15, -0.1) is 0 Å². The van der Waals surface area contributed by atoms with E-state index in [1.165, 1.54) is 5.57 Å². The maximum Gasteiger partial charge on any atom is 0.218 e. The van der Waals surface area contributed by atoms with Gasteiger partial charge in [0.25, 0.3) is 0 Å². The van der Waals surface area contributed by atoms with Crippen molar-refractivity contribution < 1.29 is 4.74 Å². The number of hydrogen-bond donors (Lipinski definition) is 1. The SMILES string of the molecule is COc1ncccc1C(N)C=C(C)C. The first-order valence-corrected chi connectivity index (χ1v) is 4.54.